The number of hydrogen-bond acceptors (Lipinski definition) is 3. The first-order chi connectivity index (χ1) is 8.66. The Morgan fingerprint density at radius 1 is 1.33 bits per heavy atom. The standard InChI is InChI=1S/C12H8BrFN2OS/c13-11-7-18-6-9(11)5-15-16-12(17)8-1-3-10(14)4-2-8/h1-7H,(H,16,17)/b15-5+. The van der Waals surface area contributed by atoms with Crippen LogP contribution in [0.1, 0.15) is 15.9 Å². The summed E-state index contributed by atoms with van der Waals surface area (Å²) in [6.45, 7) is 0. The summed E-state index contributed by atoms with van der Waals surface area (Å²) >= 11 is 4.88. The molecule has 6 heteroatoms. The highest BCUT2D eigenvalue weighted by Crippen LogP contribution is 2.19. The van der Waals surface area contributed by atoms with Crippen molar-refractivity contribution >= 4 is 39.4 Å². The summed E-state index contributed by atoms with van der Waals surface area (Å²) < 4.78 is 13.6. The van der Waals surface area contributed by atoms with E-state index in [1.54, 1.807) is 6.21 Å². The van der Waals surface area contributed by atoms with Gasteiger partial charge in [-0.25, -0.2) is 9.82 Å². The Morgan fingerprint density at radius 2 is 2.06 bits per heavy atom. The zero-order valence-electron chi connectivity index (χ0n) is 9.06. The Bertz CT molecular complexity index is 580. The molecule has 0 radical (unpaired) electrons. The number of nitrogens with one attached hydrogen (secondary N) is 1. The summed E-state index contributed by atoms with van der Waals surface area (Å²) in [7, 11) is 0. The number of carbonyl (C=O) groups excluding carboxylic acids is 1. The van der Waals surface area contributed by atoms with Crippen molar-refractivity contribution in [3.8, 4) is 0 Å². The number of amides is 1. The largest absolute Gasteiger partial charge is 0.271 e. The van der Waals surface area contributed by atoms with Crippen molar-refractivity contribution in [2.45, 2.75) is 0 Å². The number of halogens is 2. The van der Waals surface area contributed by atoms with Crippen LogP contribution in [-0.4, -0.2) is 12.1 Å². The van der Waals surface area contributed by atoms with E-state index in [0.717, 1.165) is 10.0 Å². The molecular formula is C12H8BrFN2OS. The van der Waals surface area contributed by atoms with Crippen molar-refractivity contribution in [1.29, 1.82) is 0 Å². The highest BCUT2D eigenvalue weighted by Gasteiger charge is 2.03. The minimum atomic E-state index is -0.378. The zero-order valence-corrected chi connectivity index (χ0v) is 11.5. The molecule has 1 heterocycles. The lowest BCUT2D eigenvalue weighted by Crippen LogP contribution is -2.17. The molecule has 1 N–H and O–H groups in total. The van der Waals surface area contributed by atoms with E-state index in [4.69, 9.17) is 0 Å². The molecule has 92 valence electrons. The first-order valence-corrected chi connectivity index (χ1v) is 6.71. The number of hydrogen-bond donors (Lipinski definition) is 1. The minimum Gasteiger partial charge on any atom is -0.267 e. The molecule has 0 atom stereocenters. The Labute approximate surface area is 115 Å². The molecule has 1 aromatic heterocycles. The van der Waals surface area contributed by atoms with Gasteiger partial charge in [-0.15, -0.1) is 0 Å². The maximum atomic E-state index is 12.7. The molecule has 0 aliphatic carbocycles. The van der Waals surface area contributed by atoms with Crippen LogP contribution in [0.15, 0.2) is 44.6 Å². The van der Waals surface area contributed by atoms with Crippen LogP contribution in [0.4, 0.5) is 4.39 Å². The van der Waals surface area contributed by atoms with Gasteiger partial charge < -0.3 is 0 Å². The highest BCUT2D eigenvalue weighted by atomic mass is 79.9. The van der Waals surface area contributed by atoms with Crippen LogP contribution in [-0.2, 0) is 0 Å². The fourth-order valence-corrected chi connectivity index (χ4v) is 2.56. The van der Waals surface area contributed by atoms with E-state index in [-0.39, 0.29) is 11.7 Å². The van der Waals surface area contributed by atoms with E-state index in [0.29, 0.717) is 5.56 Å². The molecule has 3 nitrogen and oxygen atoms in total. The third-order valence-corrected chi connectivity index (χ3v) is 3.87. The lowest BCUT2D eigenvalue weighted by molar-refractivity contribution is 0.0955. The van der Waals surface area contributed by atoms with Crippen molar-refractivity contribution in [2.24, 2.45) is 5.10 Å². The number of rotatable bonds is 3. The fraction of sp³-hybridized carbons (Fsp3) is 0. The van der Waals surface area contributed by atoms with E-state index >= 15 is 0 Å². The van der Waals surface area contributed by atoms with E-state index in [2.05, 4.69) is 26.5 Å². The van der Waals surface area contributed by atoms with Crippen LogP contribution < -0.4 is 5.43 Å². The van der Waals surface area contributed by atoms with Gasteiger partial charge in [0.25, 0.3) is 5.91 Å². The summed E-state index contributed by atoms with van der Waals surface area (Å²) in [5.74, 6) is -0.755. The molecule has 18 heavy (non-hydrogen) atoms. The number of hydrazone groups is 1. The predicted octanol–water partition coefficient (Wildman–Crippen LogP) is 3.41. The molecule has 0 fully saturated rings. The smallest absolute Gasteiger partial charge is 0.267 e. The first-order valence-electron chi connectivity index (χ1n) is 4.97. The Balaban J connectivity index is 1.98. The van der Waals surface area contributed by atoms with Crippen LogP contribution in [0.5, 0.6) is 0 Å². The molecular weight excluding hydrogens is 319 g/mol. The molecule has 1 amide bonds. The van der Waals surface area contributed by atoms with Crippen LogP contribution in [0.25, 0.3) is 0 Å². The number of thiophene rings is 1. The molecule has 2 aromatic rings. The minimum absolute atomic E-state index is 0.359. The monoisotopic (exact) mass is 326 g/mol. The summed E-state index contributed by atoms with van der Waals surface area (Å²) in [5, 5.41) is 7.65. The van der Waals surface area contributed by atoms with Crippen molar-refractivity contribution in [2.75, 3.05) is 0 Å². The third-order valence-electron chi connectivity index (χ3n) is 2.12. The topological polar surface area (TPSA) is 41.5 Å². The SMILES string of the molecule is O=C(N/N=C/c1cscc1Br)c1ccc(F)cc1. The van der Waals surface area contributed by atoms with Gasteiger partial charge in [0.05, 0.1) is 6.21 Å². The molecule has 0 saturated carbocycles. The van der Waals surface area contributed by atoms with Crippen LogP contribution in [0, 0.1) is 5.82 Å². The molecule has 2 rings (SSSR count). The molecule has 0 unspecified atom stereocenters. The van der Waals surface area contributed by atoms with Crippen molar-refractivity contribution in [3.63, 3.8) is 0 Å². The summed E-state index contributed by atoms with van der Waals surface area (Å²) in [4.78, 5) is 11.6. The predicted molar refractivity (Wildman–Crippen MR) is 73.5 cm³/mol. The lowest BCUT2D eigenvalue weighted by Gasteiger charge is -1.98. The van der Waals surface area contributed by atoms with Crippen molar-refractivity contribution in [1.82, 2.24) is 5.43 Å². The Morgan fingerprint density at radius 3 is 2.67 bits per heavy atom. The molecule has 0 aliphatic heterocycles. The third kappa shape index (κ3) is 3.24. The van der Waals surface area contributed by atoms with E-state index in [1.807, 2.05) is 10.8 Å². The quantitative estimate of drug-likeness (QED) is 0.681. The lowest BCUT2D eigenvalue weighted by atomic mass is 10.2. The van der Waals surface area contributed by atoms with Crippen LogP contribution in [0.3, 0.4) is 0 Å². The van der Waals surface area contributed by atoms with Gasteiger partial charge in [0.2, 0.25) is 0 Å². The Hall–Kier alpha value is -1.53. The maximum Gasteiger partial charge on any atom is 0.271 e. The summed E-state index contributed by atoms with van der Waals surface area (Å²) in [5.41, 5.74) is 3.62. The normalized spacial score (nSPS) is 10.8. The average molecular weight is 327 g/mol. The summed E-state index contributed by atoms with van der Waals surface area (Å²) in [6, 6.07) is 5.27. The second-order valence-electron chi connectivity index (χ2n) is 3.38. The first kappa shape index (κ1) is 12.9. The average Bonchev–Trinajstić information content (AvgIpc) is 2.76. The molecule has 0 aliphatic rings. The maximum absolute atomic E-state index is 12.7. The van der Waals surface area contributed by atoms with Gasteiger partial charge in [0.15, 0.2) is 0 Å². The second kappa shape index (κ2) is 5.88. The zero-order chi connectivity index (χ0) is 13.0. The molecule has 0 spiro atoms. The van der Waals surface area contributed by atoms with E-state index in [9.17, 15) is 9.18 Å². The molecule has 0 saturated heterocycles. The second-order valence-corrected chi connectivity index (χ2v) is 4.98. The van der Waals surface area contributed by atoms with Gasteiger partial charge in [0, 0.05) is 26.4 Å². The highest BCUT2D eigenvalue weighted by molar-refractivity contribution is 9.10. The molecule has 0 bridgehead atoms. The van der Waals surface area contributed by atoms with Gasteiger partial charge >= 0.3 is 0 Å². The molecule has 1 aromatic carbocycles. The van der Waals surface area contributed by atoms with Gasteiger partial charge in [-0.2, -0.15) is 16.4 Å². The van der Waals surface area contributed by atoms with Gasteiger partial charge in [-0.05, 0) is 40.2 Å². The number of benzene rings is 1. The number of carbonyl (C=O) groups is 1. The van der Waals surface area contributed by atoms with E-state index in [1.165, 1.54) is 35.6 Å². The van der Waals surface area contributed by atoms with Crippen LogP contribution >= 0.6 is 27.3 Å². The van der Waals surface area contributed by atoms with Crippen molar-refractivity contribution < 1.29 is 9.18 Å². The summed E-state index contributed by atoms with van der Waals surface area (Å²) in [6.07, 6.45) is 1.54. The van der Waals surface area contributed by atoms with Crippen LogP contribution in [0.2, 0.25) is 0 Å². The van der Waals surface area contributed by atoms with E-state index < -0.39 is 0 Å². The fourth-order valence-electron chi connectivity index (χ4n) is 1.21. The van der Waals surface area contributed by atoms with Gasteiger partial charge in [-0.1, -0.05) is 0 Å². The Kier molecular flexibility index (Phi) is 4.22. The van der Waals surface area contributed by atoms with Gasteiger partial charge in [0.1, 0.15) is 5.82 Å². The van der Waals surface area contributed by atoms with Crippen molar-refractivity contribution in [3.05, 3.63) is 56.4 Å². The number of nitrogens with zero attached hydrogens (tertiary/aromatic N) is 1. The van der Waals surface area contributed by atoms with Gasteiger partial charge in [-0.3, -0.25) is 4.79 Å².